The molecule has 3 rings (SSSR count). The third kappa shape index (κ3) is 3.48. The van der Waals surface area contributed by atoms with Crippen LogP contribution in [0.25, 0.3) is 5.65 Å². The van der Waals surface area contributed by atoms with Gasteiger partial charge in [0.05, 0.1) is 0 Å². The quantitative estimate of drug-likeness (QED) is 0.690. The van der Waals surface area contributed by atoms with Crippen LogP contribution in [0.5, 0.6) is 0 Å². The molecule has 0 spiro atoms. The van der Waals surface area contributed by atoms with Gasteiger partial charge in [0.2, 0.25) is 11.9 Å². The van der Waals surface area contributed by atoms with Gasteiger partial charge in [-0.1, -0.05) is 18.2 Å². The van der Waals surface area contributed by atoms with Crippen molar-refractivity contribution >= 4 is 45.2 Å². The van der Waals surface area contributed by atoms with E-state index in [4.69, 9.17) is 0 Å². The van der Waals surface area contributed by atoms with Crippen molar-refractivity contribution in [2.24, 2.45) is 0 Å². The molecule has 3 aromatic rings. The van der Waals surface area contributed by atoms with Crippen LogP contribution in [0.4, 0.5) is 5.95 Å². The van der Waals surface area contributed by atoms with Crippen LogP contribution in [0.2, 0.25) is 0 Å². The molecule has 2 aromatic heterocycles. The Morgan fingerprint density at radius 3 is 2.86 bits per heavy atom. The van der Waals surface area contributed by atoms with E-state index in [1.807, 2.05) is 48.7 Å². The number of carbonyl (C=O) groups is 1. The fraction of sp³-hybridized carbons (Fsp3) is 0.133. The number of aromatic nitrogens is 3. The molecule has 0 radical (unpaired) electrons. The molecule has 0 atom stereocenters. The van der Waals surface area contributed by atoms with Gasteiger partial charge in [-0.05, 0) is 40.2 Å². The van der Waals surface area contributed by atoms with Crippen LogP contribution in [0.15, 0.2) is 58.0 Å². The molecule has 1 amide bonds. The Morgan fingerprint density at radius 1 is 1.18 bits per heavy atom. The zero-order valence-electron chi connectivity index (χ0n) is 11.6. The van der Waals surface area contributed by atoms with Crippen LogP contribution < -0.4 is 5.32 Å². The zero-order valence-corrected chi connectivity index (χ0v) is 14.0. The number of nitrogens with zero attached hydrogens (tertiary/aromatic N) is 3. The Balaban J connectivity index is 1.56. The summed E-state index contributed by atoms with van der Waals surface area (Å²) in [5, 5.41) is 10.8. The number of nitrogens with one attached hydrogen (secondary N) is 1. The van der Waals surface area contributed by atoms with Crippen molar-refractivity contribution in [1.82, 2.24) is 14.6 Å². The number of carbonyl (C=O) groups excluding carboxylic acids is 1. The lowest BCUT2D eigenvalue weighted by Crippen LogP contribution is -2.14. The average Bonchev–Trinajstić information content (AvgIpc) is 2.92. The van der Waals surface area contributed by atoms with Gasteiger partial charge in [-0.2, -0.15) is 0 Å². The maximum absolute atomic E-state index is 12.0. The number of hydrogen-bond donors (Lipinski definition) is 1. The number of anilines is 1. The first-order chi connectivity index (χ1) is 10.7. The number of thioether (sulfide) groups is 1. The Hall–Kier alpha value is -1.86. The standard InChI is InChI=1S/C15H13BrN4OS/c16-11-5-1-2-6-12(11)22-10-8-14(21)17-15-19-18-13-7-3-4-9-20(13)15/h1-7,9H,8,10H2,(H,17,19,21). The number of rotatable bonds is 5. The Morgan fingerprint density at radius 2 is 2.00 bits per heavy atom. The van der Waals surface area contributed by atoms with Gasteiger partial charge in [0.15, 0.2) is 5.65 Å². The van der Waals surface area contributed by atoms with Crippen LogP contribution in [-0.2, 0) is 4.79 Å². The van der Waals surface area contributed by atoms with Gasteiger partial charge < -0.3 is 0 Å². The van der Waals surface area contributed by atoms with Crippen molar-refractivity contribution in [2.75, 3.05) is 11.1 Å². The molecule has 2 heterocycles. The molecule has 0 aliphatic rings. The van der Waals surface area contributed by atoms with Crippen molar-refractivity contribution in [2.45, 2.75) is 11.3 Å². The molecule has 0 saturated carbocycles. The number of benzene rings is 1. The zero-order chi connectivity index (χ0) is 15.4. The molecule has 1 aromatic carbocycles. The second-order valence-electron chi connectivity index (χ2n) is 4.53. The maximum atomic E-state index is 12.0. The molecule has 0 aliphatic carbocycles. The highest BCUT2D eigenvalue weighted by Crippen LogP contribution is 2.27. The molecule has 112 valence electrons. The minimum Gasteiger partial charge on any atom is -0.294 e. The minimum atomic E-state index is -0.0716. The SMILES string of the molecule is O=C(CCSc1ccccc1Br)Nc1nnc2ccccn12. The summed E-state index contributed by atoms with van der Waals surface area (Å²) in [7, 11) is 0. The number of amides is 1. The first-order valence-electron chi connectivity index (χ1n) is 6.71. The number of hydrogen-bond acceptors (Lipinski definition) is 4. The summed E-state index contributed by atoms with van der Waals surface area (Å²) in [6.45, 7) is 0. The van der Waals surface area contributed by atoms with E-state index in [0.717, 1.165) is 9.37 Å². The van der Waals surface area contributed by atoms with E-state index >= 15 is 0 Å². The van der Waals surface area contributed by atoms with Crippen LogP contribution >= 0.6 is 27.7 Å². The highest BCUT2D eigenvalue weighted by atomic mass is 79.9. The van der Waals surface area contributed by atoms with Crippen LogP contribution in [0.1, 0.15) is 6.42 Å². The highest BCUT2D eigenvalue weighted by molar-refractivity contribution is 9.10. The minimum absolute atomic E-state index is 0.0716. The van der Waals surface area contributed by atoms with Crippen LogP contribution in [-0.4, -0.2) is 26.3 Å². The van der Waals surface area contributed by atoms with E-state index in [2.05, 4.69) is 31.4 Å². The van der Waals surface area contributed by atoms with Crippen molar-refractivity contribution in [3.05, 3.63) is 53.1 Å². The lowest BCUT2D eigenvalue weighted by atomic mass is 10.4. The van der Waals surface area contributed by atoms with Crippen molar-refractivity contribution in [3.8, 4) is 0 Å². The largest absolute Gasteiger partial charge is 0.294 e. The lowest BCUT2D eigenvalue weighted by molar-refractivity contribution is -0.115. The summed E-state index contributed by atoms with van der Waals surface area (Å²) >= 11 is 5.14. The van der Waals surface area contributed by atoms with E-state index in [0.29, 0.717) is 23.8 Å². The predicted molar refractivity (Wildman–Crippen MR) is 91.1 cm³/mol. The molecule has 22 heavy (non-hydrogen) atoms. The van der Waals surface area contributed by atoms with Gasteiger partial charge in [0, 0.05) is 27.7 Å². The predicted octanol–water partition coefficient (Wildman–Crippen LogP) is 3.61. The monoisotopic (exact) mass is 376 g/mol. The summed E-state index contributed by atoms with van der Waals surface area (Å²) in [6, 6.07) is 13.6. The normalized spacial score (nSPS) is 10.8. The molecular weight excluding hydrogens is 364 g/mol. The maximum Gasteiger partial charge on any atom is 0.235 e. The fourth-order valence-electron chi connectivity index (χ4n) is 1.93. The lowest BCUT2D eigenvalue weighted by Gasteiger charge is -2.05. The average molecular weight is 377 g/mol. The van der Waals surface area contributed by atoms with Crippen molar-refractivity contribution in [3.63, 3.8) is 0 Å². The third-order valence-electron chi connectivity index (χ3n) is 2.99. The second kappa shape index (κ2) is 6.93. The van der Waals surface area contributed by atoms with E-state index in [9.17, 15) is 4.79 Å². The molecule has 0 bridgehead atoms. The summed E-state index contributed by atoms with van der Waals surface area (Å²) < 4.78 is 2.79. The van der Waals surface area contributed by atoms with Gasteiger partial charge in [-0.3, -0.25) is 14.5 Å². The fourth-order valence-corrected chi connectivity index (χ4v) is 3.45. The highest BCUT2D eigenvalue weighted by Gasteiger charge is 2.09. The van der Waals surface area contributed by atoms with E-state index in [1.165, 1.54) is 0 Å². The topological polar surface area (TPSA) is 59.3 Å². The van der Waals surface area contributed by atoms with E-state index in [1.54, 1.807) is 16.2 Å². The second-order valence-corrected chi connectivity index (χ2v) is 6.52. The molecular formula is C15H13BrN4OS. The first-order valence-corrected chi connectivity index (χ1v) is 8.49. The van der Waals surface area contributed by atoms with Crippen LogP contribution in [0, 0.1) is 0 Å². The van der Waals surface area contributed by atoms with Gasteiger partial charge in [0.25, 0.3) is 0 Å². The number of fused-ring (bicyclic) bond motifs is 1. The van der Waals surface area contributed by atoms with E-state index < -0.39 is 0 Å². The Kier molecular flexibility index (Phi) is 4.74. The first kappa shape index (κ1) is 15.1. The third-order valence-corrected chi connectivity index (χ3v) is 5.02. The molecule has 5 nitrogen and oxygen atoms in total. The summed E-state index contributed by atoms with van der Waals surface area (Å²) in [6.07, 6.45) is 2.23. The molecule has 0 saturated heterocycles. The Labute approximate surface area is 140 Å². The van der Waals surface area contributed by atoms with Gasteiger partial charge in [-0.15, -0.1) is 22.0 Å². The van der Waals surface area contributed by atoms with Gasteiger partial charge in [0.1, 0.15) is 0 Å². The molecule has 7 heteroatoms. The smallest absolute Gasteiger partial charge is 0.235 e. The van der Waals surface area contributed by atoms with Crippen LogP contribution in [0.3, 0.4) is 0 Å². The Bertz CT molecular complexity index is 805. The number of halogens is 1. The summed E-state index contributed by atoms with van der Waals surface area (Å²) in [4.78, 5) is 13.1. The molecule has 1 N–H and O–H groups in total. The van der Waals surface area contributed by atoms with Gasteiger partial charge >= 0.3 is 0 Å². The van der Waals surface area contributed by atoms with Crippen molar-refractivity contribution < 1.29 is 4.79 Å². The summed E-state index contributed by atoms with van der Waals surface area (Å²) in [5.41, 5.74) is 0.709. The molecule has 0 fully saturated rings. The van der Waals surface area contributed by atoms with Gasteiger partial charge in [-0.25, -0.2) is 0 Å². The summed E-state index contributed by atoms with van der Waals surface area (Å²) in [5.74, 6) is 1.08. The number of pyridine rings is 1. The van der Waals surface area contributed by atoms with E-state index in [-0.39, 0.29) is 5.91 Å². The molecule has 0 aliphatic heterocycles. The van der Waals surface area contributed by atoms with Crippen molar-refractivity contribution in [1.29, 1.82) is 0 Å². The molecule has 0 unspecified atom stereocenters.